The maximum atomic E-state index is 13.8. The van der Waals surface area contributed by atoms with Gasteiger partial charge in [-0.3, -0.25) is 9.59 Å². The Morgan fingerprint density at radius 3 is 2.62 bits per heavy atom. The number of Topliss-reactive ketones (excluding diaryl/α,β-unsaturated/α-hetero) is 1. The molecular formula is C32H30ClN3O4. The molecule has 0 spiro atoms. The van der Waals surface area contributed by atoms with Gasteiger partial charge in [0.05, 0.1) is 36.6 Å². The molecule has 40 heavy (non-hydrogen) atoms. The van der Waals surface area contributed by atoms with E-state index in [1.165, 1.54) is 6.07 Å². The first-order valence-electron chi connectivity index (χ1n) is 13.1. The average Bonchev–Trinajstić information content (AvgIpc) is 3.18. The fraction of sp³-hybridized carbons (Fsp3) is 0.188. The molecule has 1 saturated heterocycles. The van der Waals surface area contributed by atoms with Crippen LogP contribution < -0.4 is 10.6 Å². The van der Waals surface area contributed by atoms with Gasteiger partial charge in [-0.25, -0.2) is 0 Å². The van der Waals surface area contributed by atoms with Gasteiger partial charge in [0, 0.05) is 30.1 Å². The lowest BCUT2D eigenvalue weighted by atomic mass is 9.79. The first-order valence-corrected chi connectivity index (χ1v) is 13.1. The molecule has 1 amide bonds. The molecule has 0 radical (unpaired) electrons. The Hall–Kier alpha value is -4.33. The van der Waals surface area contributed by atoms with Gasteiger partial charge in [0.15, 0.2) is 5.78 Å². The van der Waals surface area contributed by atoms with Crippen molar-refractivity contribution in [3.63, 3.8) is 0 Å². The number of carbonyl (C=O) groups excluding carboxylic acids is 2. The van der Waals surface area contributed by atoms with Gasteiger partial charge in [-0.2, -0.15) is 0 Å². The monoisotopic (exact) mass is 555 g/mol. The molecule has 1 aliphatic carbocycles. The predicted octanol–water partition coefficient (Wildman–Crippen LogP) is 5.52. The van der Waals surface area contributed by atoms with Crippen molar-refractivity contribution < 1.29 is 19.4 Å². The first kappa shape index (κ1) is 27.2. The zero-order valence-electron chi connectivity index (χ0n) is 21.7. The Balaban J connectivity index is 0.00000323. The fourth-order valence-corrected chi connectivity index (χ4v) is 5.58. The summed E-state index contributed by atoms with van der Waals surface area (Å²) in [6.07, 6.45) is 8.56. The number of aromatic hydroxyl groups is 1. The van der Waals surface area contributed by atoms with Crippen LogP contribution in [0.1, 0.15) is 27.1 Å². The number of hydrogen-bond donors (Lipinski definition) is 3. The number of ketones is 1. The smallest absolute Gasteiger partial charge is 0.256 e. The molecule has 3 N–H and O–H groups in total. The number of benzene rings is 3. The highest BCUT2D eigenvalue weighted by atomic mass is 35.5. The minimum Gasteiger partial charge on any atom is -0.506 e. The summed E-state index contributed by atoms with van der Waals surface area (Å²) in [6, 6.07) is 21.6. The Kier molecular flexibility index (Phi) is 8.05. The SMILES string of the molecule is Cl.O=C(Nc1ccc(C(=O)C2CC=CC3=CNC=C4COCCN4C32)cc1O)c1ccccc1-c1ccccc1. The summed E-state index contributed by atoms with van der Waals surface area (Å²) < 4.78 is 5.64. The van der Waals surface area contributed by atoms with Gasteiger partial charge >= 0.3 is 0 Å². The van der Waals surface area contributed by atoms with Gasteiger partial charge in [0.2, 0.25) is 0 Å². The maximum Gasteiger partial charge on any atom is 0.256 e. The van der Waals surface area contributed by atoms with Gasteiger partial charge < -0.3 is 25.4 Å². The first-order chi connectivity index (χ1) is 19.1. The Bertz CT molecular complexity index is 1520. The van der Waals surface area contributed by atoms with Crippen LogP contribution in [-0.2, 0) is 4.74 Å². The molecule has 6 rings (SSSR count). The number of hydrogen-bond acceptors (Lipinski definition) is 6. The third-order valence-corrected chi connectivity index (χ3v) is 7.48. The van der Waals surface area contributed by atoms with Gasteiger partial charge in [-0.1, -0.05) is 60.7 Å². The number of rotatable bonds is 5. The van der Waals surface area contributed by atoms with Crippen LogP contribution in [-0.4, -0.2) is 47.5 Å². The van der Waals surface area contributed by atoms with E-state index in [1.54, 1.807) is 18.2 Å². The fourth-order valence-electron chi connectivity index (χ4n) is 5.58. The third kappa shape index (κ3) is 5.26. The van der Waals surface area contributed by atoms with Gasteiger partial charge in [-0.15, -0.1) is 12.4 Å². The molecule has 2 atom stereocenters. The second kappa shape index (κ2) is 11.8. The topological polar surface area (TPSA) is 90.9 Å². The number of phenols is 1. The second-order valence-corrected chi connectivity index (χ2v) is 9.84. The number of nitrogens with one attached hydrogen (secondary N) is 2. The molecule has 2 aliphatic heterocycles. The molecule has 204 valence electrons. The Morgan fingerprint density at radius 2 is 1.80 bits per heavy atom. The summed E-state index contributed by atoms with van der Waals surface area (Å²) in [4.78, 5) is 29.3. The summed E-state index contributed by atoms with van der Waals surface area (Å²) in [7, 11) is 0. The van der Waals surface area contributed by atoms with Crippen molar-refractivity contribution in [3.8, 4) is 16.9 Å². The normalized spacial score (nSPS) is 19.4. The van der Waals surface area contributed by atoms with Crippen LogP contribution in [0, 0.1) is 5.92 Å². The Morgan fingerprint density at radius 1 is 1.00 bits per heavy atom. The lowest BCUT2D eigenvalue weighted by Gasteiger charge is -2.42. The van der Waals surface area contributed by atoms with E-state index >= 15 is 0 Å². The highest BCUT2D eigenvalue weighted by Gasteiger charge is 2.39. The average molecular weight is 556 g/mol. The quantitative estimate of drug-likeness (QED) is 0.284. The molecule has 3 aromatic carbocycles. The third-order valence-electron chi connectivity index (χ3n) is 7.48. The van der Waals surface area contributed by atoms with E-state index in [-0.39, 0.29) is 47.5 Å². The van der Waals surface area contributed by atoms with E-state index in [0.717, 1.165) is 22.4 Å². The van der Waals surface area contributed by atoms with Gasteiger partial charge in [0.25, 0.3) is 5.91 Å². The van der Waals surface area contributed by atoms with Crippen molar-refractivity contribution in [2.24, 2.45) is 5.92 Å². The minimum absolute atomic E-state index is 0. The van der Waals surface area contributed by atoms with E-state index in [1.807, 2.05) is 67.0 Å². The minimum atomic E-state index is -0.339. The number of ether oxygens (including phenoxy) is 1. The summed E-state index contributed by atoms with van der Waals surface area (Å²) in [6.45, 7) is 1.81. The number of allylic oxidation sites excluding steroid dienone is 1. The number of carbonyl (C=O) groups is 2. The number of halogens is 1. The van der Waals surface area contributed by atoms with Crippen LogP contribution in [0.5, 0.6) is 5.75 Å². The molecule has 8 heteroatoms. The highest BCUT2D eigenvalue weighted by molar-refractivity contribution is 6.09. The molecule has 1 fully saturated rings. The van der Waals surface area contributed by atoms with Gasteiger partial charge in [0.1, 0.15) is 5.75 Å². The number of nitrogens with zero attached hydrogens (tertiary/aromatic N) is 1. The number of amides is 1. The summed E-state index contributed by atoms with van der Waals surface area (Å²) in [5, 5.41) is 16.9. The summed E-state index contributed by atoms with van der Waals surface area (Å²) in [5.74, 6) is -0.859. The van der Waals surface area contributed by atoms with E-state index in [9.17, 15) is 14.7 Å². The van der Waals surface area contributed by atoms with E-state index in [0.29, 0.717) is 37.3 Å². The molecule has 3 aliphatic rings. The van der Waals surface area contributed by atoms with Crippen molar-refractivity contribution in [1.29, 1.82) is 0 Å². The van der Waals surface area contributed by atoms with Crippen molar-refractivity contribution >= 4 is 29.8 Å². The number of anilines is 1. The molecule has 3 aromatic rings. The van der Waals surface area contributed by atoms with E-state index in [2.05, 4.69) is 21.6 Å². The zero-order valence-corrected chi connectivity index (χ0v) is 22.6. The van der Waals surface area contributed by atoms with Crippen molar-refractivity contribution in [3.05, 3.63) is 120 Å². The highest BCUT2D eigenvalue weighted by Crippen LogP contribution is 2.36. The van der Waals surface area contributed by atoms with E-state index < -0.39 is 0 Å². The standard InChI is InChI=1S/C32H29N3O4.ClH/c36-29-17-22(31(37)27-12-6-9-23-18-33-19-24-20-39-16-15-35(24)30(23)27)13-14-28(29)34-32(38)26-11-5-4-10-25(26)21-7-2-1-3-8-21;/h1-11,13-14,17-19,27,30,33,36H,12,15-16,20H2,(H,34,38);1H. The molecule has 0 bridgehead atoms. The van der Waals surface area contributed by atoms with Crippen LogP contribution >= 0.6 is 12.4 Å². The number of phenolic OH excluding ortho intramolecular Hbond substituents is 1. The maximum absolute atomic E-state index is 13.8. The lowest BCUT2D eigenvalue weighted by Crippen LogP contribution is -2.48. The lowest BCUT2D eigenvalue weighted by molar-refractivity contribution is 0.0455. The van der Waals surface area contributed by atoms with Crippen LogP contribution in [0.15, 0.2) is 109 Å². The largest absolute Gasteiger partial charge is 0.506 e. The van der Waals surface area contributed by atoms with Crippen LogP contribution in [0.2, 0.25) is 0 Å². The van der Waals surface area contributed by atoms with Crippen molar-refractivity contribution in [2.75, 3.05) is 25.1 Å². The molecular weight excluding hydrogens is 526 g/mol. The van der Waals surface area contributed by atoms with Gasteiger partial charge in [-0.05, 0) is 47.4 Å². The van der Waals surface area contributed by atoms with Crippen LogP contribution in [0.25, 0.3) is 11.1 Å². The van der Waals surface area contributed by atoms with Crippen molar-refractivity contribution in [1.82, 2.24) is 10.2 Å². The summed E-state index contributed by atoms with van der Waals surface area (Å²) in [5.41, 5.74) is 4.93. The molecule has 0 saturated carbocycles. The zero-order chi connectivity index (χ0) is 26.8. The predicted molar refractivity (Wildman–Crippen MR) is 157 cm³/mol. The van der Waals surface area contributed by atoms with Crippen LogP contribution in [0.4, 0.5) is 5.69 Å². The second-order valence-electron chi connectivity index (χ2n) is 9.84. The van der Waals surface area contributed by atoms with Crippen molar-refractivity contribution in [2.45, 2.75) is 12.5 Å². The molecule has 7 nitrogen and oxygen atoms in total. The Labute approximate surface area is 239 Å². The molecule has 0 aromatic heterocycles. The summed E-state index contributed by atoms with van der Waals surface area (Å²) >= 11 is 0. The van der Waals surface area contributed by atoms with E-state index in [4.69, 9.17) is 4.74 Å². The molecule has 2 unspecified atom stereocenters. The number of fused-ring (bicyclic) bond motifs is 3. The molecule has 2 heterocycles. The van der Waals surface area contributed by atoms with Crippen LogP contribution in [0.3, 0.4) is 0 Å². The number of morpholine rings is 1.